The van der Waals surface area contributed by atoms with E-state index in [0.717, 1.165) is 34.1 Å². The maximum absolute atomic E-state index is 14.0. The summed E-state index contributed by atoms with van der Waals surface area (Å²) in [6.07, 6.45) is 2.49. The van der Waals surface area contributed by atoms with Crippen LogP contribution in [-0.4, -0.2) is 47.4 Å². The number of benzene rings is 1. The van der Waals surface area contributed by atoms with Gasteiger partial charge < -0.3 is 10.5 Å². The second kappa shape index (κ2) is 6.62. The van der Waals surface area contributed by atoms with Crippen LogP contribution in [0.4, 0.5) is 8.78 Å². The predicted octanol–water partition coefficient (Wildman–Crippen LogP) is 1.14. The molecule has 7 nitrogen and oxygen atoms in total. The SMILES string of the molecule is CS(=O)(=O)n1cc2c(n1)CN([C@@H]1CO[C@@H](c3cc(F)ccc3F)[C@H](N)C1)C2. The zero-order valence-electron chi connectivity index (χ0n) is 14.7. The Balaban J connectivity index is 1.44. The van der Waals surface area contributed by atoms with Crippen molar-refractivity contribution in [1.29, 1.82) is 0 Å². The molecule has 4 rings (SSSR count). The van der Waals surface area contributed by atoms with Crippen molar-refractivity contribution in [2.45, 2.75) is 37.7 Å². The van der Waals surface area contributed by atoms with Gasteiger partial charge in [0.1, 0.15) is 17.7 Å². The third kappa shape index (κ3) is 3.49. The Morgan fingerprint density at radius 1 is 1.30 bits per heavy atom. The molecule has 3 heterocycles. The average molecular weight is 398 g/mol. The normalized spacial score (nSPS) is 26.3. The summed E-state index contributed by atoms with van der Waals surface area (Å²) >= 11 is 0. The smallest absolute Gasteiger partial charge is 0.250 e. The number of rotatable bonds is 3. The van der Waals surface area contributed by atoms with Gasteiger partial charge in [-0.3, -0.25) is 4.90 Å². The second-order valence-electron chi connectivity index (χ2n) is 7.11. The zero-order chi connectivity index (χ0) is 19.3. The first kappa shape index (κ1) is 18.5. The van der Waals surface area contributed by atoms with Crippen LogP contribution in [-0.2, 0) is 27.8 Å². The van der Waals surface area contributed by atoms with E-state index in [1.807, 2.05) is 0 Å². The van der Waals surface area contributed by atoms with Gasteiger partial charge in [0.25, 0.3) is 10.0 Å². The predicted molar refractivity (Wildman–Crippen MR) is 93.1 cm³/mol. The Labute approximate surface area is 155 Å². The molecule has 1 fully saturated rings. The molecule has 2 N–H and O–H groups in total. The van der Waals surface area contributed by atoms with Gasteiger partial charge in [-0.2, -0.15) is 9.19 Å². The van der Waals surface area contributed by atoms with Crippen molar-refractivity contribution >= 4 is 10.0 Å². The quantitative estimate of drug-likeness (QED) is 0.834. The van der Waals surface area contributed by atoms with Crippen molar-refractivity contribution < 1.29 is 21.9 Å². The van der Waals surface area contributed by atoms with Crippen LogP contribution in [0.15, 0.2) is 24.4 Å². The minimum atomic E-state index is -3.40. The monoisotopic (exact) mass is 398 g/mol. The summed E-state index contributed by atoms with van der Waals surface area (Å²) in [6.45, 7) is 1.37. The molecule has 0 spiro atoms. The Hall–Kier alpha value is -1.88. The first-order chi connectivity index (χ1) is 12.7. The van der Waals surface area contributed by atoms with Crippen LogP contribution >= 0.6 is 0 Å². The van der Waals surface area contributed by atoms with E-state index in [-0.39, 0.29) is 11.6 Å². The largest absolute Gasteiger partial charge is 0.370 e. The number of aromatic nitrogens is 2. The van der Waals surface area contributed by atoms with Crippen molar-refractivity contribution in [3.8, 4) is 0 Å². The fourth-order valence-corrected chi connectivity index (χ4v) is 4.30. The van der Waals surface area contributed by atoms with Gasteiger partial charge in [-0.25, -0.2) is 17.2 Å². The van der Waals surface area contributed by atoms with Gasteiger partial charge >= 0.3 is 0 Å². The molecule has 0 bridgehead atoms. The Morgan fingerprint density at radius 3 is 2.74 bits per heavy atom. The van der Waals surface area contributed by atoms with E-state index in [9.17, 15) is 17.2 Å². The van der Waals surface area contributed by atoms with Gasteiger partial charge in [-0.15, -0.1) is 0 Å². The zero-order valence-corrected chi connectivity index (χ0v) is 15.5. The van der Waals surface area contributed by atoms with Crippen molar-refractivity contribution in [3.05, 3.63) is 52.9 Å². The molecule has 0 amide bonds. The molecule has 10 heteroatoms. The highest BCUT2D eigenvalue weighted by Crippen LogP contribution is 2.34. The lowest BCUT2D eigenvalue weighted by molar-refractivity contribution is -0.0533. The summed E-state index contributed by atoms with van der Waals surface area (Å²) in [6, 6.07) is 2.78. The summed E-state index contributed by atoms with van der Waals surface area (Å²) in [5.41, 5.74) is 7.91. The average Bonchev–Trinajstić information content (AvgIpc) is 3.16. The molecule has 146 valence electrons. The second-order valence-corrected chi connectivity index (χ2v) is 8.95. The lowest BCUT2D eigenvalue weighted by atomic mass is 9.93. The van der Waals surface area contributed by atoms with Gasteiger partial charge in [0, 0.05) is 42.5 Å². The molecule has 2 aliphatic heterocycles. The highest BCUT2D eigenvalue weighted by atomic mass is 32.2. The number of hydrogen-bond donors (Lipinski definition) is 1. The summed E-state index contributed by atoms with van der Waals surface area (Å²) in [4.78, 5) is 2.11. The van der Waals surface area contributed by atoms with E-state index in [1.54, 1.807) is 0 Å². The lowest BCUT2D eigenvalue weighted by Gasteiger charge is -2.38. The molecule has 2 aromatic rings. The molecule has 0 aliphatic carbocycles. The first-order valence-corrected chi connectivity index (χ1v) is 10.4. The van der Waals surface area contributed by atoms with Crippen LogP contribution in [0, 0.1) is 11.6 Å². The first-order valence-electron chi connectivity index (χ1n) is 8.56. The molecule has 1 aromatic carbocycles. The number of ether oxygens (including phenoxy) is 1. The van der Waals surface area contributed by atoms with Crippen molar-refractivity contribution in [1.82, 2.24) is 14.1 Å². The molecule has 0 unspecified atom stereocenters. The van der Waals surface area contributed by atoms with Gasteiger partial charge in [-0.05, 0) is 24.6 Å². The van der Waals surface area contributed by atoms with Crippen molar-refractivity contribution in [3.63, 3.8) is 0 Å². The summed E-state index contributed by atoms with van der Waals surface area (Å²) in [7, 11) is -3.40. The third-order valence-corrected chi connectivity index (χ3v) is 5.97. The van der Waals surface area contributed by atoms with Gasteiger partial charge in [0.15, 0.2) is 0 Å². The van der Waals surface area contributed by atoms with Crippen LogP contribution in [0.3, 0.4) is 0 Å². The Morgan fingerprint density at radius 2 is 2.07 bits per heavy atom. The number of nitrogens with zero attached hydrogens (tertiary/aromatic N) is 3. The van der Waals surface area contributed by atoms with E-state index in [0.29, 0.717) is 31.8 Å². The van der Waals surface area contributed by atoms with E-state index >= 15 is 0 Å². The molecular weight excluding hydrogens is 378 g/mol. The highest BCUT2D eigenvalue weighted by Gasteiger charge is 2.37. The molecule has 2 aliphatic rings. The summed E-state index contributed by atoms with van der Waals surface area (Å²) < 4.78 is 57.4. The minimum absolute atomic E-state index is 0.00578. The van der Waals surface area contributed by atoms with E-state index in [2.05, 4.69) is 10.00 Å². The third-order valence-electron chi connectivity index (χ3n) is 5.10. The van der Waals surface area contributed by atoms with E-state index in [1.165, 1.54) is 6.20 Å². The molecule has 1 saturated heterocycles. The minimum Gasteiger partial charge on any atom is -0.370 e. The number of hydrogen-bond acceptors (Lipinski definition) is 6. The maximum atomic E-state index is 14.0. The summed E-state index contributed by atoms with van der Waals surface area (Å²) in [5, 5.41) is 4.13. The number of fused-ring (bicyclic) bond motifs is 1. The van der Waals surface area contributed by atoms with Crippen LogP contribution in [0.1, 0.15) is 29.3 Å². The number of nitrogens with two attached hydrogens (primary N) is 1. The van der Waals surface area contributed by atoms with E-state index in [4.69, 9.17) is 10.5 Å². The number of halogens is 2. The summed E-state index contributed by atoms with van der Waals surface area (Å²) in [5.74, 6) is -1.07. The van der Waals surface area contributed by atoms with Crippen molar-refractivity contribution in [2.24, 2.45) is 5.73 Å². The van der Waals surface area contributed by atoms with Crippen LogP contribution in [0.2, 0.25) is 0 Å². The molecule has 1 aromatic heterocycles. The Bertz CT molecular complexity index is 955. The molecule has 27 heavy (non-hydrogen) atoms. The molecule has 0 radical (unpaired) electrons. The van der Waals surface area contributed by atoms with Gasteiger partial charge in [0.2, 0.25) is 0 Å². The fraction of sp³-hybridized carbons (Fsp3) is 0.471. The fourth-order valence-electron chi connectivity index (χ4n) is 3.73. The lowest BCUT2D eigenvalue weighted by Crippen LogP contribution is -2.47. The van der Waals surface area contributed by atoms with Gasteiger partial charge in [-0.1, -0.05) is 0 Å². The van der Waals surface area contributed by atoms with Crippen LogP contribution in [0.25, 0.3) is 0 Å². The van der Waals surface area contributed by atoms with Crippen molar-refractivity contribution in [2.75, 3.05) is 12.9 Å². The molecular formula is C17H20F2N4O3S. The van der Waals surface area contributed by atoms with Crippen LogP contribution < -0.4 is 5.73 Å². The highest BCUT2D eigenvalue weighted by molar-refractivity contribution is 7.89. The van der Waals surface area contributed by atoms with Gasteiger partial charge in [0.05, 0.1) is 18.6 Å². The van der Waals surface area contributed by atoms with Crippen LogP contribution in [0.5, 0.6) is 0 Å². The van der Waals surface area contributed by atoms with E-state index < -0.39 is 33.8 Å². The standard InChI is InChI=1S/C17H20F2N4O3S/c1-27(24,25)23-7-10-6-22(8-16(10)21-23)12-5-15(20)17(26-9-12)13-4-11(18)2-3-14(13)19/h2-4,7,12,15,17H,5-6,8-9,20H2,1H3/t12-,15+,17-/m0/s1. The Kier molecular flexibility index (Phi) is 4.53. The molecule has 0 saturated carbocycles. The molecule has 3 atom stereocenters. The maximum Gasteiger partial charge on any atom is 0.250 e. The topological polar surface area (TPSA) is 90.5 Å².